The Bertz CT molecular complexity index is 1590. The van der Waals surface area contributed by atoms with Crippen molar-refractivity contribution in [3.63, 3.8) is 0 Å². The van der Waals surface area contributed by atoms with Crippen LogP contribution in [-0.2, 0) is 4.79 Å². The zero-order valence-corrected chi connectivity index (χ0v) is 17.1. The van der Waals surface area contributed by atoms with E-state index >= 15 is 0 Å². The number of carbonyl (C=O) groups is 1. The number of hydrogen-bond donors (Lipinski definition) is 2. The molecule has 0 aliphatic carbocycles. The van der Waals surface area contributed by atoms with Crippen LogP contribution in [0.25, 0.3) is 33.3 Å². The van der Waals surface area contributed by atoms with Gasteiger partial charge in [-0.1, -0.05) is 30.3 Å². The molecule has 0 radical (unpaired) electrons. The van der Waals surface area contributed by atoms with Crippen molar-refractivity contribution in [2.45, 2.75) is 6.18 Å². The van der Waals surface area contributed by atoms with Gasteiger partial charge >= 0.3 is 12.1 Å². The summed E-state index contributed by atoms with van der Waals surface area (Å²) >= 11 is 0. The number of fused-ring (bicyclic) bond motifs is 2. The summed E-state index contributed by atoms with van der Waals surface area (Å²) in [4.78, 5) is 39.8. The summed E-state index contributed by atoms with van der Waals surface area (Å²) in [6, 6.07) is 19.1. The number of para-hydroxylation sites is 2. The second kappa shape index (κ2) is 8.03. The molecule has 3 heterocycles. The molecule has 0 aliphatic heterocycles. The standard InChI is InChI=1S/C23H14F3N5O3/c24-23(25,26)22(33)34-31-16-11-12-27-21(32)19(16)30-20(31)15-8-4-5-13-9-10-17(29-18(13)15)28-14-6-2-1-3-7-14/h1-12H,(H,27,32)(H,28,29). The Morgan fingerprint density at radius 1 is 0.941 bits per heavy atom. The molecule has 5 aromatic rings. The molecule has 170 valence electrons. The van der Waals surface area contributed by atoms with Crippen LogP contribution in [0, 0.1) is 0 Å². The maximum atomic E-state index is 13.0. The number of carbonyl (C=O) groups excluding carboxylic acids is 1. The maximum Gasteiger partial charge on any atom is 0.493 e. The number of aromatic amines is 1. The highest BCUT2D eigenvalue weighted by Gasteiger charge is 2.42. The van der Waals surface area contributed by atoms with E-state index in [1.54, 1.807) is 30.3 Å². The molecule has 0 saturated carbocycles. The molecule has 0 fully saturated rings. The molecule has 0 aliphatic rings. The van der Waals surface area contributed by atoms with Gasteiger partial charge in [-0.3, -0.25) is 4.79 Å². The lowest BCUT2D eigenvalue weighted by atomic mass is 10.1. The molecule has 0 spiro atoms. The SMILES string of the molecule is O=C(On1c(-c2cccc3ccc(Nc4ccccc4)nc23)nc2c(=O)[nH]ccc21)C(F)(F)F. The van der Waals surface area contributed by atoms with Crippen LogP contribution < -0.4 is 15.7 Å². The Hall–Kier alpha value is -4.67. The molecule has 0 atom stereocenters. The minimum atomic E-state index is -5.25. The van der Waals surface area contributed by atoms with Crippen molar-refractivity contribution >= 4 is 39.4 Å². The van der Waals surface area contributed by atoms with Crippen molar-refractivity contribution in [2.75, 3.05) is 5.32 Å². The predicted octanol–water partition coefficient (Wildman–Crippen LogP) is 4.20. The number of halogens is 3. The van der Waals surface area contributed by atoms with Gasteiger partial charge in [-0.25, -0.2) is 14.8 Å². The monoisotopic (exact) mass is 465 g/mol. The fraction of sp³-hybridized carbons (Fsp3) is 0.0435. The molecule has 8 nitrogen and oxygen atoms in total. The molecule has 0 bridgehead atoms. The van der Waals surface area contributed by atoms with Crippen LogP contribution in [-0.4, -0.2) is 31.8 Å². The van der Waals surface area contributed by atoms with E-state index in [9.17, 15) is 22.8 Å². The number of benzene rings is 2. The number of alkyl halides is 3. The van der Waals surface area contributed by atoms with E-state index in [1.807, 2.05) is 30.3 Å². The van der Waals surface area contributed by atoms with Gasteiger partial charge in [0, 0.05) is 22.8 Å². The van der Waals surface area contributed by atoms with E-state index in [2.05, 4.69) is 25.1 Å². The van der Waals surface area contributed by atoms with Gasteiger partial charge in [0.05, 0.1) is 5.52 Å². The highest BCUT2D eigenvalue weighted by Crippen LogP contribution is 2.30. The van der Waals surface area contributed by atoms with E-state index < -0.39 is 17.7 Å². The lowest BCUT2D eigenvalue weighted by molar-refractivity contribution is -0.199. The summed E-state index contributed by atoms with van der Waals surface area (Å²) in [5.74, 6) is -2.16. The lowest BCUT2D eigenvalue weighted by Crippen LogP contribution is -2.33. The number of hydrogen-bond acceptors (Lipinski definition) is 6. The maximum absolute atomic E-state index is 13.0. The third kappa shape index (κ3) is 3.83. The Morgan fingerprint density at radius 3 is 2.50 bits per heavy atom. The average molecular weight is 465 g/mol. The highest BCUT2D eigenvalue weighted by molar-refractivity contribution is 5.95. The molecule has 0 saturated heterocycles. The zero-order valence-electron chi connectivity index (χ0n) is 17.1. The molecule has 34 heavy (non-hydrogen) atoms. The van der Waals surface area contributed by atoms with E-state index in [-0.39, 0.29) is 22.4 Å². The van der Waals surface area contributed by atoms with Gasteiger partial charge in [0.25, 0.3) is 5.56 Å². The summed E-state index contributed by atoms with van der Waals surface area (Å²) in [7, 11) is 0. The normalized spacial score (nSPS) is 11.6. The molecule has 5 rings (SSSR count). The van der Waals surface area contributed by atoms with Crippen molar-refractivity contribution in [1.82, 2.24) is 19.7 Å². The van der Waals surface area contributed by atoms with Crippen LogP contribution in [0.1, 0.15) is 0 Å². The summed E-state index contributed by atoms with van der Waals surface area (Å²) in [6.45, 7) is 0. The molecular formula is C23H14F3N5O3. The largest absolute Gasteiger partial charge is 0.493 e. The number of nitrogens with one attached hydrogen (secondary N) is 2. The van der Waals surface area contributed by atoms with Crippen molar-refractivity contribution in [1.29, 1.82) is 0 Å². The van der Waals surface area contributed by atoms with Gasteiger partial charge in [-0.15, -0.1) is 0 Å². The van der Waals surface area contributed by atoms with E-state index in [4.69, 9.17) is 0 Å². The molecule has 0 unspecified atom stereocenters. The lowest BCUT2D eigenvalue weighted by Gasteiger charge is -2.12. The molecule has 2 aromatic carbocycles. The van der Waals surface area contributed by atoms with Gasteiger partial charge in [0.15, 0.2) is 11.3 Å². The van der Waals surface area contributed by atoms with Crippen molar-refractivity contribution in [3.8, 4) is 11.4 Å². The highest BCUT2D eigenvalue weighted by atomic mass is 19.4. The van der Waals surface area contributed by atoms with E-state index in [0.717, 1.165) is 5.69 Å². The first-order valence-electron chi connectivity index (χ1n) is 9.93. The third-order valence-electron chi connectivity index (χ3n) is 4.96. The summed E-state index contributed by atoms with van der Waals surface area (Å²) < 4.78 is 39.5. The third-order valence-corrected chi connectivity index (χ3v) is 4.96. The van der Waals surface area contributed by atoms with Crippen LogP contribution >= 0.6 is 0 Å². The van der Waals surface area contributed by atoms with E-state index in [0.29, 0.717) is 21.5 Å². The fourth-order valence-electron chi connectivity index (χ4n) is 3.46. The zero-order chi connectivity index (χ0) is 23.9. The Labute approximate surface area is 188 Å². The Morgan fingerprint density at radius 2 is 1.74 bits per heavy atom. The smallest absolute Gasteiger partial charge is 0.340 e. The topological polar surface area (TPSA) is 102 Å². The first-order valence-corrected chi connectivity index (χ1v) is 9.93. The number of rotatable bonds is 4. The Kier molecular flexibility index (Phi) is 5.01. The predicted molar refractivity (Wildman–Crippen MR) is 118 cm³/mol. The van der Waals surface area contributed by atoms with E-state index in [1.165, 1.54) is 12.3 Å². The summed E-state index contributed by atoms with van der Waals surface area (Å²) in [5.41, 5.74) is 0.471. The van der Waals surface area contributed by atoms with Gasteiger partial charge in [-0.05, 0) is 36.4 Å². The van der Waals surface area contributed by atoms with Crippen LogP contribution in [0.4, 0.5) is 24.7 Å². The van der Waals surface area contributed by atoms with Crippen LogP contribution in [0.15, 0.2) is 77.7 Å². The summed E-state index contributed by atoms with van der Waals surface area (Å²) in [5, 5.41) is 3.81. The van der Waals surface area contributed by atoms with Gasteiger partial charge in [0.2, 0.25) is 0 Å². The molecule has 11 heteroatoms. The molecular weight excluding hydrogens is 451 g/mol. The quantitative estimate of drug-likeness (QED) is 0.413. The van der Waals surface area contributed by atoms with Crippen LogP contribution in [0.5, 0.6) is 0 Å². The number of anilines is 2. The second-order valence-electron chi connectivity index (χ2n) is 7.21. The number of imidazole rings is 1. The van der Waals surface area contributed by atoms with Gasteiger partial charge in [0.1, 0.15) is 11.3 Å². The van der Waals surface area contributed by atoms with Crippen molar-refractivity contribution < 1.29 is 22.8 Å². The first kappa shape index (κ1) is 21.2. The number of nitrogens with zero attached hydrogens (tertiary/aromatic N) is 3. The number of H-pyrrole nitrogens is 1. The Balaban J connectivity index is 1.70. The number of aromatic nitrogens is 4. The summed E-state index contributed by atoms with van der Waals surface area (Å²) in [6.07, 6.45) is -4.03. The molecule has 0 amide bonds. The average Bonchev–Trinajstić information content (AvgIpc) is 3.18. The van der Waals surface area contributed by atoms with Crippen molar-refractivity contribution in [3.05, 3.63) is 83.3 Å². The fourth-order valence-corrected chi connectivity index (χ4v) is 3.46. The molecule has 2 N–H and O–H groups in total. The first-order chi connectivity index (χ1) is 16.3. The minimum Gasteiger partial charge on any atom is -0.340 e. The molecule has 3 aromatic heterocycles. The minimum absolute atomic E-state index is 0.105. The number of pyridine rings is 2. The second-order valence-corrected chi connectivity index (χ2v) is 7.21. The van der Waals surface area contributed by atoms with Gasteiger partial charge in [-0.2, -0.15) is 17.9 Å². The van der Waals surface area contributed by atoms with Crippen LogP contribution in [0.2, 0.25) is 0 Å². The van der Waals surface area contributed by atoms with Crippen molar-refractivity contribution in [2.24, 2.45) is 0 Å². The van der Waals surface area contributed by atoms with Crippen LogP contribution in [0.3, 0.4) is 0 Å². The van der Waals surface area contributed by atoms with Gasteiger partial charge < -0.3 is 15.1 Å².